The minimum Gasteiger partial charge on any atom is -0.490 e. The molecule has 162 valence electrons. The van der Waals surface area contributed by atoms with E-state index in [9.17, 15) is 4.79 Å². The summed E-state index contributed by atoms with van der Waals surface area (Å²) in [5.41, 5.74) is 1.32. The van der Waals surface area contributed by atoms with Gasteiger partial charge in [-0.3, -0.25) is 9.36 Å². The smallest absolute Gasteiger partial charge is 0.266 e. The van der Waals surface area contributed by atoms with Crippen molar-refractivity contribution in [3.05, 3.63) is 63.7 Å². The molecule has 2 aliphatic rings. The van der Waals surface area contributed by atoms with Crippen LogP contribution in [0.5, 0.6) is 5.75 Å². The fraction of sp³-hybridized carbons (Fsp3) is 0.440. The Labute approximate surface area is 187 Å². The summed E-state index contributed by atoms with van der Waals surface area (Å²) in [7, 11) is 0. The summed E-state index contributed by atoms with van der Waals surface area (Å²) in [6.07, 6.45) is 7.91. The maximum Gasteiger partial charge on any atom is 0.266 e. The highest BCUT2D eigenvalue weighted by Crippen LogP contribution is 2.28. The van der Waals surface area contributed by atoms with Gasteiger partial charge in [-0.05, 0) is 75.1 Å². The van der Waals surface area contributed by atoms with Crippen molar-refractivity contribution in [2.45, 2.75) is 57.6 Å². The van der Waals surface area contributed by atoms with E-state index >= 15 is 0 Å². The minimum absolute atomic E-state index is 0.113. The number of rotatable bonds is 4. The van der Waals surface area contributed by atoms with E-state index in [1.807, 2.05) is 31.2 Å². The highest BCUT2D eigenvalue weighted by molar-refractivity contribution is 6.31. The standard InChI is InChI=1S/C25H28ClN3O2/c1-17-27-24-11-6-18(26)16-23(24)25(30)29(17)20-7-9-21(10-8-20)31-22-12-14-28(15-13-22)19-4-2-3-5-19/h6-11,16,19,22H,2-5,12-15H2,1H3. The van der Waals surface area contributed by atoms with Gasteiger partial charge in [-0.25, -0.2) is 4.98 Å². The molecule has 0 unspecified atom stereocenters. The molecule has 1 saturated heterocycles. The number of hydrogen-bond acceptors (Lipinski definition) is 4. The molecule has 1 aromatic heterocycles. The van der Waals surface area contributed by atoms with E-state index in [4.69, 9.17) is 16.3 Å². The third-order valence-corrected chi connectivity index (χ3v) is 6.95. The topological polar surface area (TPSA) is 47.4 Å². The predicted molar refractivity (Wildman–Crippen MR) is 125 cm³/mol. The average molecular weight is 438 g/mol. The molecule has 1 aliphatic heterocycles. The predicted octanol–water partition coefficient (Wildman–Crippen LogP) is 5.13. The van der Waals surface area contributed by atoms with Crippen molar-refractivity contribution < 1.29 is 4.74 Å². The number of likely N-dealkylation sites (tertiary alicyclic amines) is 1. The van der Waals surface area contributed by atoms with Crippen LogP contribution in [0.3, 0.4) is 0 Å². The third kappa shape index (κ3) is 4.21. The van der Waals surface area contributed by atoms with Gasteiger partial charge in [0.1, 0.15) is 17.7 Å². The van der Waals surface area contributed by atoms with Crippen LogP contribution >= 0.6 is 11.6 Å². The zero-order valence-electron chi connectivity index (χ0n) is 17.9. The first-order valence-electron chi connectivity index (χ1n) is 11.3. The van der Waals surface area contributed by atoms with Gasteiger partial charge >= 0.3 is 0 Å². The molecule has 5 nitrogen and oxygen atoms in total. The molecule has 5 rings (SSSR count). The highest BCUT2D eigenvalue weighted by Gasteiger charge is 2.27. The Balaban J connectivity index is 1.30. The lowest BCUT2D eigenvalue weighted by Gasteiger charge is -2.36. The van der Waals surface area contributed by atoms with Gasteiger partial charge in [0, 0.05) is 24.2 Å². The van der Waals surface area contributed by atoms with E-state index in [2.05, 4.69) is 9.88 Å². The molecule has 0 amide bonds. The molecule has 3 aromatic rings. The van der Waals surface area contributed by atoms with Crippen LogP contribution in [0.25, 0.3) is 16.6 Å². The third-order valence-electron chi connectivity index (χ3n) is 6.71. The fourth-order valence-electron chi connectivity index (χ4n) is 5.07. The number of ether oxygens (including phenoxy) is 1. The summed E-state index contributed by atoms with van der Waals surface area (Å²) >= 11 is 6.09. The van der Waals surface area contributed by atoms with Crippen LogP contribution in [0.4, 0.5) is 0 Å². The quantitative estimate of drug-likeness (QED) is 0.567. The summed E-state index contributed by atoms with van der Waals surface area (Å²) in [5.74, 6) is 1.50. The van der Waals surface area contributed by atoms with E-state index in [-0.39, 0.29) is 11.7 Å². The summed E-state index contributed by atoms with van der Waals surface area (Å²) in [6.45, 7) is 4.11. The van der Waals surface area contributed by atoms with Crippen molar-refractivity contribution in [2.24, 2.45) is 0 Å². The zero-order chi connectivity index (χ0) is 21.4. The summed E-state index contributed by atoms with van der Waals surface area (Å²) in [6, 6.07) is 13.8. The molecule has 0 spiro atoms. The number of piperidine rings is 1. The second-order valence-corrected chi connectivity index (χ2v) is 9.18. The van der Waals surface area contributed by atoms with E-state index in [0.29, 0.717) is 21.7 Å². The lowest BCUT2D eigenvalue weighted by Crippen LogP contribution is -2.43. The Morgan fingerprint density at radius 1 is 1.00 bits per heavy atom. The maximum atomic E-state index is 13.1. The summed E-state index contributed by atoms with van der Waals surface area (Å²) < 4.78 is 7.88. The van der Waals surface area contributed by atoms with Gasteiger partial charge in [-0.2, -0.15) is 0 Å². The fourth-order valence-corrected chi connectivity index (χ4v) is 5.24. The Kier molecular flexibility index (Phi) is 5.72. The van der Waals surface area contributed by atoms with Gasteiger partial charge in [0.25, 0.3) is 5.56 Å². The van der Waals surface area contributed by atoms with E-state index in [0.717, 1.165) is 43.4 Å². The zero-order valence-corrected chi connectivity index (χ0v) is 18.6. The van der Waals surface area contributed by atoms with Crippen LogP contribution in [0.2, 0.25) is 5.02 Å². The van der Waals surface area contributed by atoms with Crippen molar-refractivity contribution in [3.63, 3.8) is 0 Å². The van der Waals surface area contributed by atoms with Gasteiger partial charge in [0.2, 0.25) is 0 Å². The molecule has 31 heavy (non-hydrogen) atoms. The second-order valence-electron chi connectivity index (χ2n) is 8.75. The van der Waals surface area contributed by atoms with Crippen molar-refractivity contribution in [2.75, 3.05) is 13.1 Å². The molecule has 6 heteroatoms. The van der Waals surface area contributed by atoms with Crippen LogP contribution in [0.1, 0.15) is 44.3 Å². The summed E-state index contributed by atoms with van der Waals surface area (Å²) in [5, 5.41) is 1.05. The first-order chi connectivity index (χ1) is 15.1. The van der Waals surface area contributed by atoms with Gasteiger partial charge in [-0.15, -0.1) is 0 Å². The molecule has 2 fully saturated rings. The lowest BCUT2D eigenvalue weighted by atomic mass is 10.0. The largest absolute Gasteiger partial charge is 0.490 e. The number of fused-ring (bicyclic) bond motifs is 1. The van der Waals surface area contributed by atoms with Crippen LogP contribution in [0, 0.1) is 6.92 Å². The molecular formula is C25H28ClN3O2. The summed E-state index contributed by atoms with van der Waals surface area (Å²) in [4.78, 5) is 20.3. The lowest BCUT2D eigenvalue weighted by molar-refractivity contribution is 0.0768. The first kappa shape index (κ1) is 20.5. The normalized spacial score (nSPS) is 18.6. The van der Waals surface area contributed by atoms with Crippen LogP contribution < -0.4 is 10.3 Å². The molecule has 1 aliphatic carbocycles. The average Bonchev–Trinajstić information content (AvgIpc) is 3.31. The van der Waals surface area contributed by atoms with Crippen LogP contribution in [-0.2, 0) is 0 Å². The molecule has 0 radical (unpaired) electrons. The SMILES string of the molecule is Cc1nc2ccc(Cl)cc2c(=O)n1-c1ccc(OC2CCN(C3CCCC3)CC2)cc1. The van der Waals surface area contributed by atoms with Crippen molar-refractivity contribution in [1.82, 2.24) is 14.5 Å². The van der Waals surface area contributed by atoms with Gasteiger partial charge in [-0.1, -0.05) is 24.4 Å². The van der Waals surface area contributed by atoms with Crippen molar-refractivity contribution in [1.29, 1.82) is 0 Å². The van der Waals surface area contributed by atoms with E-state index < -0.39 is 0 Å². The van der Waals surface area contributed by atoms with Gasteiger partial charge in [0.15, 0.2) is 0 Å². The number of aromatic nitrogens is 2. The molecule has 1 saturated carbocycles. The van der Waals surface area contributed by atoms with Crippen molar-refractivity contribution in [3.8, 4) is 11.4 Å². The molecular weight excluding hydrogens is 410 g/mol. The molecule has 0 bridgehead atoms. The van der Waals surface area contributed by atoms with E-state index in [1.165, 1.54) is 25.7 Å². The Bertz CT molecular complexity index is 1130. The Morgan fingerprint density at radius 3 is 2.42 bits per heavy atom. The van der Waals surface area contributed by atoms with Gasteiger partial charge < -0.3 is 9.64 Å². The second kappa shape index (κ2) is 8.64. The Morgan fingerprint density at radius 2 is 1.71 bits per heavy atom. The number of aryl methyl sites for hydroxylation is 1. The Hall–Kier alpha value is -2.37. The minimum atomic E-state index is -0.113. The number of halogens is 1. The molecule has 0 N–H and O–H groups in total. The van der Waals surface area contributed by atoms with Crippen LogP contribution in [-0.4, -0.2) is 39.7 Å². The number of nitrogens with zero attached hydrogens (tertiary/aromatic N) is 3. The maximum absolute atomic E-state index is 13.1. The molecule has 2 aromatic carbocycles. The first-order valence-corrected chi connectivity index (χ1v) is 11.7. The van der Waals surface area contributed by atoms with Gasteiger partial charge in [0.05, 0.1) is 16.6 Å². The van der Waals surface area contributed by atoms with Crippen molar-refractivity contribution >= 4 is 22.5 Å². The highest BCUT2D eigenvalue weighted by atomic mass is 35.5. The molecule has 0 atom stereocenters. The number of benzene rings is 2. The van der Waals surface area contributed by atoms with E-state index in [1.54, 1.807) is 22.8 Å². The monoisotopic (exact) mass is 437 g/mol. The molecule has 2 heterocycles. The van der Waals surface area contributed by atoms with Crippen LogP contribution in [0.15, 0.2) is 47.3 Å². The number of hydrogen-bond donors (Lipinski definition) is 0.